The fraction of sp³-hybridized carbons (Fsp3) is 0.143. The van der Waals surface area contributed by atoms with E-state index in [1.807, 2.05) is 30.1 Å². The number of aliphatic hydroxyl groups excluding tert-OH is 1. The summed E-state index contributed by atoms with van der Waals surface area (Å²) in [5.74, 6) is 0.308. The summed E-state index contributed by atoms with van der Waals surface area (Å²) in [6.07, 6.45) is 3.42. The minimum Gasteiger partial charge on any atom is -0.395 e. The molecule has 1 aliphatic rings. The highest BCUT2D eigenvalue weighted by Gasteiger charge is 2.23. The van der Waals surface area contributed by atoms with Gasteiger partial charge < -0.3 is 15.3 Å². The molecule has 0 bridgehead atoms. The van der Waals surface area contributed by atoms with Crippen LogP contribution in [0.3, 0.4) is 0 Å². The summed E-state index contributed by atoms with van der Waals surface area (Å²) in [6, 6.07) is 10.7. The number of hydrogen-bond acceptors (Lipinski definition) is 7. The Hall–Kier alpha value is -2.65. The molecule has 1 amide bonds. The molecule has 0 fully saturated rings. The second kappa shape index (κ2) is 9.23. The van der Waals surface area contributed by atoms with Crippen molar-refractivity contribution in [3.05, 3.63) is 63.1 Å². The molecule has 4 rings (SSSR count). The first-order chi connectivity index (χ1) is 14.9. The van der Waals surface area contributed by atoms with Crippen molar-refractivity contribution < 1.29 is 9.90 Å². The summed E-state index contributed by atoms with van der Waals surface area (Å²) < 4.78 is 0. The number of likely N-dealkylation sites (N-methyl/N-ethyl adjacent to an activating group) is 1. The summed E-state index contributed by atoms with van der Waals surface area (Å²) in [5, 5.41) is 13.4. The molecule has 0 unspecified atom stereocenters. The number of thioether (sulfide) groups is 1. The first kappa shape index (κ1) is 21.6. The van der Waals surface area contributed by atoms with Gasteiger partial charge >= 0.3 is 0 Å². The van der Waals surface area contributed by atoms with Gasteiger partial charge in [0.2, 0.25) is 0 Å². The third kappa shape index (κ3) is 4.83. The zero-order valence-electron chi connectivity index (χ0n) is 16.3. The number of fused-ring (bicyclic) bond motifs is 1. The van der Waals surface area contributed by atoms with Crippen LogP contribution < -0.4 is 10.2 Å². The lowest BCUT2D eigenvalue weighted by atomic mass is 10.2. The number of carbonyl (C=O) groups excluding carboxylic acids is 1. The van der Waals surface area contributed by atoms with Gasteiger partial charge in [0.1, 0.15) is 5.82 Å². The average molecular weight is 474 g/mol. The van der Waals surface area contributed by atoms with Gasteiger partial charge in [-0.3, -0.25) is 9.78 Å². The van der Waals surface area contributed by atoms with Gasteiger partial charge in [0.25, 0.3) is 5.91 Å². The van der Waals surface area contributed by atoms with E-state index in [1.165, 1.54) is 11.8 Å². The van der Waals surface area contributed by atoms with E-state index in [2.05, 4.69) is 20.3 Å². The first-order valence-corrected chi connectivity index (χ1v) is 10.8. The van der Waals surface area contributed by atoms with Crippen LogP contribution >= 0.6 is 35.0 Å². The van der Waals surface area contributed by atoms with E-state index in [4.69, 9.17) is 28.3 Å². The number of nitrogens with zero attached hydrogens (tertiary/aromatic N) is 4. The largest absolute Gasteiger partial charge is 0.395 e. The van der Waals surface area contributed by atoms with E-state index in [9.17, 15) is 4.79 Å². The predicted octanol–water partition coefficient (Wildman–Crippen LogP) is 4.45. The van der Waals surface area contributed by atoms with Crippen LogP contribution in [0.4, 0.5) is 11.5 Å². The van der Waals surface area contributed by atoms with Crippen molar-refractivity contribution in [3.8, 4) is 0 Å². The van der Waals surface area contributed by atoms with Crippen molar-refractivity contribution in [2.45, 2.75) is 0 Å². The number of anilines is 2. The van der Waals surface area contributed by atoms with Crippen LogP contribution in [0.25, 0.3) is 17.1 Å². The highest BCUT2D eigenvalue weighted by atomic mass is 35.5. The van der Waals surface area contributed by atoms with Gasteiger partial charge in [0, 0.05) is 13.6 Å². The van der Waals surface area contributed by atoms with Crippen molar-refractivity contribution in [2.75, 3.05) is 30.4 Å². The van der Waals surface area contributed by atoms with Gasteiger partial charge in [-0.1, -0.05) is 35.3 Å². The Kier molecular flexibility index (Phi) is 6.43. The normalized spacial score (nSPS) is 14.9. The minimum atomic E-state index is -0.349. The van der Waals surface area contributed by atoms with Crippen LogP contribution in [-0.2, 0) is 4.79 Å². The molecular formula is C21H17Cl2N5O2S. The van der Waals surface area contributed by atoms with Crippen LogP contribution in [0.5, 0.6) is 0 Å². The molecule has 2 N–H and O–H groups in total. The Balaban J connectivity index is 1.56. The molecule has 10 heteroatoms. The molecule has 0 atom stereocenters. The molecule has 3 aromatic rings. The number of halogens is 2. The number of rotatable bonds is 5. The fourth-order valence-corrected chi connectivity index (χ4v) is 4.20. The Morgan fingerprint density at radius 3 is 2.71 bits per heavy atom. The summed E-state index contributed by atoms with van der Waals surface area (Å²) in [4.78, 5) is 27.7. The minimum absolute atomic E-state index is 0.0253. The summed E-state index contributed by atoms with van der Waals surface area (Å²) >= 11 is 13.6. The fourth-order valence-electron chi connectivity index (χ4n) is 2.90. The Morgan fingerprint density at radius 2 is 1.97 bits per heavy atom. The molecule has 2 aromatic carbocycles. The number of carbonyl (C=O) groups is 1. The highest BCUT2D eigenvalue weighted by Crippen LogP contribution is 2.34. The van der Waals surface area contributed by atoms with Crippen molar-refractivity contribution >= 4 is 74.7 Å². The van der Waals surface area contributed by atoms with E-state index < -0.39 is 0 Å². The second-order valence-corrected chi connectivity index (χ2v) is 8.52. The number of benzene rings is 2. The number of hydrogen-bond donors (Lipinski definition) is 2. The molecule has 0 radical (unpaired) electrons. The lowest BCUT2D eigenvalue weighted by molar-refractivity contribution is -0.113. The molecule has 2 heterocycles. The Morgan fingerprint density at radius 1 is 1.19 bits per heavy atom. The second-order valence-electron chi connectivity index (χ2n) is 6.68. The number of para-hydroxylation sites is 1. The predicted molar refractivity (Wildman–Crippen MR) is 128 cm³/mol. The van der Waals surface area contributed by atoms with Crippen LogP contribution in [0.1, 0.15) is 5.56 Å². The van der Waals surface area contributed by atoms with Crippen LogP contribution in [0, 0.1) is 0 Å². The maximum absolute atomic E-state index is 12.4. The topological polar surface area (TPSA) is 90.7 Å². The van der Waals surface area contributed by atoms with E-state index in [1.54, 1.807) is 30.5 Å². The number of nitrogens with one attached hydrogen (secondary N) is 1. The Bertz CT molecular complexity index is 1210. The van der Waals surface area contributed by atoms with Crippen molar-refractivity contribution in [1.29, 1.82) is 0 Å². The molecule has 31 heavy (non-hydrogen) atoms. The quantitative estimate of drug-likeness (QED) is 0.528. The number of aliphatic hydroxyl groups is 1. The zero-order chi connectivity index (χ0) is 22.0. The lowest BCUT2D eigenvalue weighted by Crippen LogP contribution is -2.22. The zero-order valence-corrected chi connectivity index (χ0v) is 18.7. The molecule has 158 valence electrons. The van der Waals surface area contributed by atoms with Crippen LogP contribution in [-0.4, -0.2) is 46.3 Å². The smallest absolute Gasteiger partial charge is 0.286 e. The van der Waals surface area contributed by atoms with Gasteiger partial charge in [0.15, 0.2) is 5.17 Å². The van der Waals surface area contributed by atoms with Crippen LogP contribution in [0.2, 0.25) is 10.0 Å². The maximum atomic E-state index is 12.4. The molecular weight excluding hydrogens is 457 g/mol. The first-order valence-electron chi connectivity index (χ1n) is 9.27. The number of amidine groups is 1. The van der Waals surface area contributed by atoms with E-state index in [-0.39, 0.29) is 12.5 Å². The van der Waals surface area contributed by atoms with E-state index in [0.29, 0.717) is 43.7 Å². The molecule has 0 saturated heterocycles. The maximum Gasteiger partial charge on any atom is 0.286 e. The molecule has 0 spiro atoms. The van der Waals surface area contributed by atoms with Gasteiger partial charge in [-0.15, -0.1) is 0 Å². The van der Waals surface area contributed by atoms with E-state index >= 15 is 0 Å². The van der Waals surface area contributed by atoms with Gasteiger partial charge in [-0.05, 0) is 47.7 Å². The van der Waals surface area contributed by atoms with Gasteiger partial charge in [-0.2, -0.15) is 4.99 Å². The van der Waals surface area contributed by atoms with Crippen molar-refractivity contribution in [3.63, 3.8) is 0 Å². The third-order valence-electron chi connectivity index (χ3n) is 4.49. The summed E-state index contributed by atoms with van der Waals surface area (Å²) in [7, 11) is 1.84. The molecule has 0 aliphatic carbocycles. The van der Waals surface area contributed by atoms with E-state index in [0.717, 1.165) is 11.1 Å². The van der Waals surface area contributed by atoms with Crippen molar-refractivity contribution in [1.82, 2.24) is 9.97 Å². The molecule has 0 saturated carbocycles. The molecule has 1 aliphatic heterocycles. The highest BCUT2D eigenvalue weighted by molar-refractivity contribution is 8.18. The molecule has 7 nitrogen and oxygen atoms in total. The van der Waals surface area contributed by atoms with Gasteiger partial charge in [-0.25, -0.2) is 4.98 Å². The Labute approximate surface area is 192 Å². The standard InChI is InChI=1S/C21H17Cl2N5O2S/c1-28(7-8-29)18-11-24-15-6-5-12(9-16(15)25-18)10-17-20(30)27-21(31-17)26-19-13(22)3-2-4-14(19)23/h2-6,9-11,29H,7-8H2,1H3,(H,26,27,30)/b17-10+. The summed E-state index contributed by atoms with van der Waals surface area (Å²) in [5.41, 5.74) is 2.73. The number of amides is 1. The SMILES string of the molecule is CN(CCO)c1cnc2ccc(/C=C3/SC(Nc4c(Cl)cccc4Cl)=NC3=O)cc2n1. The van der Waals surface area contributed by atoms with Crippen molar-refractivity contribution in [2.24, 2.45) is 4.99 Å². The summed E-state index contributed by atoms with van der Waals surface area (Å²) in [6.45, 7) is 0.481. The van der Waals surface area contributed by atoms with Gasteiger partial charge in [0.05, 0.1) is 44.5 Å². The third-order valence-corrected chi connectivity index (χ3v) is 6.02. The number of aromatic nitrogens is 2. The average Bonchev–Trinajstić information content (AvgIpc) is 3.09. The lowest BCUT2D eigenvalue weighted by Gasteiger charge is -2.16. The monoisotopic (exact) mass is 473 g/mol. The van der Waals surface area contributed by atoms with Crippen LogP contribution in [0.15, 0.2) is 52.5 Å². The molecule has 1 aromatic heterocycles. The number of aliphatic imine (C=N–C) groups is 1.